The van der Waals surface area contributed by atoms with E-state index in [1.807, 2.05) is 36.4 Å². The van der Waals surface area contributed by atoms with Crippen LogP contribution in [0.1, 0.15) is 26.3 Å². The molecule has 4 aromatic carbocycles. The number of hydrogen-bond donors (Lipinski definition) is 4. The van der Waals surface area contributed by atoms with Crippen LogP contribution in [0.5, 0.6) is 0 Å². The van der Waals surface area contributed by atoms with Crippen molar-refractivity contribution in [1.29, 1.82) is 0 Å². The van der Waals surface area contributed by atoms with Crippen LogP contribution in [0, 0.1) is 0 Å². The van der Waals surface area contributed by atoms with Crippen molar-refractivity contribution in [2.45, 2.75) is 6.54 Å². The van der Waals surface area contributed by atoms with Gasteiger partial charge in [0.1, 0.15) is 0 Å². The van der Waals surface area contributed by atoms with Crippen LogP contribution in [0.2, 0.25) is 0 Å². The Bertz CT molecular complexity index is 1320. The highest BCUT2D eigenvalue weighted by atomic mass is 16.2. The smallest absolute Gasteiger partial charge is 0.255 e. The molecular formula is C29H26N4O3. The normalized spacial score (nSPS) is 10.2. The average molecular weight is 479 g/mol. The first-order valence-electron chi connectivity index (χ1n) is 11.5. The molecule has 7 heteroatoms. The van der Waals surface area contributed by atoms with Gasteiger partial charge in [-0.25, -0.2) is 0 Å². The molecule has 0 bridgehead atoms. The van der Waals surface area contributed by atoms with Crippen molar-refractivity contribution in [2.24, 2.45) is 0 Å². The van der Waals surface area contributed by atoms with Gasteiger partial charge in [-0.1, -0.05) is 54.6 Å². The highest BCUT2D eigenvalue weighted by Gasteiger charge is 2.08. The summed E-state index contributed by atoms with van der Waals surface area (Å²) in [7, 11) is 0. The summed E-state index contributed by atoms with van der Waals surface area (Å²) >= 11 is 0. The second kappa shape index (κ2) is 12.0. The fourth-order valence-electron chi connectivity index (χ4n) is 3.47. The van der Waals surface area contributed by atoms with Gasteiger partial charge in [0.05, 0.1) is 6.54 Å². The first-order chi connectivity index (χ1) is 17.6. The Morgan fingerprint density at radius 2 is 1.17 bits per heavy atom. The third kappa shape index (κ3) is 7.04. The first kappa shape index (κ1) is 24.2. The van der Waals surface area contributed by atoms with Crippen LogP contribution in [0.3, 0.4) is 0 Å². The number of nitrogens with one attached hydrogen (secondary N) is 4. The van der Waals surface area contributed by atoms with Crippen LogP contribution in [0.15, 0.2) is 109 Å². The molecule has 0 fully saturated rings. The Labute approximate surface area is 209 Å². The van der Waals surface area contributed by atoms with Crippen LogP contribution in [-0.4, -0.2) is 24.3 Å². The summed E-state index contributed by atoms with van der Waals surface area (Å²) in [6, 6.07) is 32.5. The molecule has 0 saturated heterocycles. The molecule has 0 aliphatic carbocycles. The van der Waals surface area contributed by atoms with Crippen LogP contribution in [-0.2, 0) is 11.3 Å². The summed E-state index contributed by atoms with van der Waals surface area (Å²) in [6.45, 7) is 0.497. The molecule has 3 amide bonds. The van der Waals surface area contributed by atoms with Crippen LogP contribution in [0.25, 0.3) is 0 Å². The van der Waals surface area contributed by atoms with E-state index in [0.717, 1.165) is 5.56 Å². The van der Waals surface area contributed by atoms with E-state index < -0.39 is 0 Å². The van der Waals surface area contributed by atoms with Crippen molar-refractivity contribution in [3.05, 3.63) is 126 Å². The van der Waals surface area contributed by atoms with Crippen molar-refractivity contribution < 1.29 is 14.4 Å². The Morgan fingerprint density at radius 3 is 1.86 bits per heavy atom. The van der Waals surface area contributed by atoms with E-state index in [2.05, 4.69) is 21.3 Å². The predicted molar refractivity (Wildman–Crippen MR) is 142 cm³/mol. The van der Waals surface area contributed by atoms with Crippen molar-refractivity contribution in [1.82, 2.24) is 5.32 Å². The van der Waals surface area contributed by atoms with Gasteiger partial charge in [-0.2, -0.15) is 0 Å². The summed E-state index contributed by atoms with van der Waals surface area (Å²) < 4.78 is 0. The number of hydrogen-bond acceptors (Lipinski definition) is 4. The molecule has 0 saturated carbocycles. The highest BCUT2D eigenvalue weighted by molar-refractivity contribution is 6.04. The van der Waals surface area contributed by atoms with Crippen molar-refractivity contribution in [2.75, 3.05) is 22.5 Å². The first-order valence-corrected chi connectivity index (χ1v) is 11.5. The van der Waals surface area contributed by atoms with Gasteiger partial charge in [-0.05, 0) is 60.2 Å². The monoisotopic (exact) mass is 478 g/mol. The lowest BCUT2D eigenvalue weighted by Crippen LogP contribution is -2.23. The average Bonchev–Trinajstić information content (AvgIpc) is 2.92. The second-order valence-corrected chi connectivity index (χ2v) is 8.05. The highest BCUT2D eigenvalue weighted by Crippen LogP contribution is 2.16. The molecule has 36 heavy (non-hydrogen) atoms. The van der Waals surface area contributed by atoms with Crippen LogP contribution < -0.4 is 21.3 Å². The maximum absolute atomic E-state index is 12.4. The van der Waals surface area contributed by atoms with E-state index in [9.17, 15) is 14.4 Å². The van der Waals surface area contributed by atoms with E-state index in [1.165, 1.54) is 0 Å². The van der Waals surface area contributed by atoms with Gasteiger partial charge < -0.3 is 21.3 Å². The van der Waals surface area contributed by atoms with Gasteiger partial charge in [-0.3, -0.25) is 14.4 Å². The van der Waals surface area contributed by atoms with E-state index >= 15 is 0 Å². The minimum Gasteiger partial charge on any atom is -0.376 e. The summed E-state index contributed by atoms with van der Waals surface area (Å²) in [5.41, 5.74) is 3.98. The van der Waals surface area contributed by atoms with E-state index in [1.54, 1.807) is 72.8 Å². The summed E-state index contributed by atoms with van der Waals surface area (Å²) in [5.74, 6) is -0.633. The third-order valence-electron chi connectivity index (χ3n) is 5.34. The number of benzene rings is 4. The Balaban J connectivity index is 1.24. The molecule has 4 N–H and O–H groups in total. The molecule has 7 nitrogen and oxygen atoms in total. The predicted octanol–water partition coefficient (Wildman–Crippen LogP) is 4.92. The maximum Gasteiger partial charge on any atom is 0.255 e. The SMILES string of the molecule is O=C(CNc1ccc(C(=O)NCc2ccccc2)cc1)Nc1cccc(NC(=O)c2ccccc2)c1. The van der Waals surface area contributed by atoms with Crippen molar-refractivity contribution in [3.63, 3.8) is 0 Å². The summed E-state index contributed by atoms with van der Waals surface area (Å²) in [6.07, 6.45) is 0. The van der Waals surface area contributed by atoms with Crippen LogP contribution >= 0.6 is 0 Å². The molecule has 4 rings (SSSR count). The van der Waals surface area contributed by atoms with E-state index in [0.29, 0.717) is 34.7 Å². The molecule has 0 aromatic heterocycles. The lowest BCUT2D eigenvalue weighted by molar-refractivity contribution is -0.114. The number of amides is 3. The van der Waals surface area contributed by atoms with Gasteiger partial charge in [0.25, 0.3) is 11.8 Å². The molecule has 0 heterocycles. The zero-order valence-electron chi connectivity index (χ0n) is 19.5. The molecule has 0 aliphatic heterocycles. The van der Waals surface area contributed by atoms with Crippen molar-refractivity contribution >= 4 is 34.8 Å². The van der Waals surface area contributed by atoms with E-state index in [-0.39, 0.29) is 24.3 Å². The second-order valence-electron chi connectivity index (χ2n) is 8.05. The maximum atomic E-state index is 12.4. The lowest BCUT2D eigenvalue weighted by Gasteiger charge is -2.11. The Hall–Kier alpha value is -4.91. The topological polar surface area (TPSA) is 99.3 Å². The van der Waals surface area contributed by atoms with Gasteiger partial charge in [0, 0.05) is 34.7 Å². The molecule has 0 radical (unpaired) electrons. The number of carbonyl (C=O) groups is 3. The largest absolute Gasteiger partial charge is 0.376 e. The van der Waals surface area contributed by atoms with Gasteiger partial charge >= 0.3 is 0 Å². The number of anilines is 3. The fourth-order valence-corrected chi connectivity index (χ4v) is 3.47. The zero-order valence-corrected chi connectivity index (χ0v) is 19.5. The lowest BCUT2D eigenvalue weighted by atomic mass is 10.1. The third-order valence-corrected chi connectivity index (χ3v) is 5.34. The zero-order chi connectivity index (χ0) is 25.2. The quantitative estimate of drug-likeness (QED) is 0.274. The molecule has 0 spiro atoms. The Kier molecular flexibility index (Phi) is 8.07. The number of carbonyl (C=O) groups excluding carboxylic acids is 3. The molecule has 4 aromatic rings. The van der Waals surface area contributed by atoms with Crippen molar-refractivity contribution in [3.8, 4) is 0 Å². The molecular weight excluding hydrogens is 452 g/mol. The number of rotatable bonds is 9. The minimum atomic E-state index is -0.244. The molecule has 0 aliphatic rings. The molecule has 180 valence electrons. The fraction of sp³-hybridized carbons (Fsp3) is 0.0690. The van der Waals surface area contributed by atoms with Crippen LogP contribution in [0.4, 0.5) is 17.1 Å². The van der Waals surface area contributed by atoms with Gasteiger partial charge in [0.15, 0.2) is 0 Å². The summed E-state index contributed by atoms with van der Waals surface area (Å²) in [5, 5.41) is 11.6. The van der Waals surface area contributed by atoms with Gasteiger partial charge in [0.2, 0.25) is 5.91 Å². The molecule has 0 atom stereocenters. The van der Waals surface area contributed by atoms with Gasteiger partial charge in [-0.15, -0.1) is 0 Å². The Morgan fingerprint density at radius 1 is 0.556 bits per heavy atom. The summed E-state index contributed by atoms with van der Waals surface area (Å²) in [4.78, 5) is 37.1. The van der Waals surface area contributed by atoms with E-state index in [4.69, 9.17) is 0 Å². The molecule has 0 unspecified atom stereocenters. The standard InChI is InChI=1S/C29H26N4O3/c34-27(32-25-12-7-13-26(18-25)33-29(36)22-10-5-2-6-11-22)20-30-24-16-14-23(15-17-24)28(35)31-19-21-8-3-1-4-9-21/h1-18,30H,19-20H2,(H,31,35)(H,32,34)(H,33,36). The minimum absolute atomic E-state index is 0.0418.